The topological polar surface area (TPSA) is 98.1 Å². The third-order valence-electron chi connectivity index (χ3n) is 2.42. The van der Waals surface area contributed by atoms with Gasteiger partial charge < -0.3 is 16.4 Å². The predicted molar refractivity (Wildman–Crippen MR) is 66.7 cm³/mol. The summed E-state index contributed by atoms with van der Waals surface area (Å²) in [4.78, 5) is 13.0. The van der Waals surface area contributed by atoms with Crippen LogP contribution in [0.25, 0.3) is 0 Å². The summed E-state index contributed by atoms with van der Waals surface area (Å²) in [5.41, 5.74) is 10.8. The van der Waals surface area contributed by atoms with Crippen LogP contribution in [-0.2, 0) is 0 Å². The molecular formula is C11H19N5O. The number of anilines is 1. The maximum absolute atomic E-state index is 10.9. The molecule has 0 radical (unpaired) electrons. The highest BCUT2D eigenvalue weighted by Gasteiger charge is 2.12. The molecule has 0 atom stereocenters. The number of aromatic nitrogens is 2. The monoisotopic (exact) mass is 237 g/mol. The van der Waals surface area contributed by atoms with E-state index in [1.165, 1.54) is 0 Å². The highest BCUT2D eigenvalue weighted by atomic mass is 16.1. The van der Waals surface area contributed by atoms with Gasteiger partial charge >= 0.3 is 0 Å². The molecule has 0 saturated carbocycles. The zero-order valence-electron chi connectivity index (χ0n) is 10.3. The summed E-state index contributed by atoms with van der Waals surface area (Å²) >= 11 is 0. The van der Waals surface area contributed by atoms with E-state index in [1.807, 2.05) is 0 Å². The Hall–Kier alpha value is -1.69. The number of hydrogen-bond donors (Lipinski definition) is 2. The van der Waals surface area contributed by atoms with Gasteiger partial charge in [0.1, 0.15) is 0 Å². The van der Waals surface area contributed by atoms with Crippen LogP contribution in [0.4, 0.5) is 5.82 Å². The van der Waals surface area contributed by atoms with E-state index in [2.05, 4.69) is 28.9 Å². The van der Waals surface area contributed by atoms with Gasteiger partial charge in [-0.25, -0.2) is 0 Å². The van der Waals surface area contributed by atoms with Gasteiger partial charge in [0.2, 0.25) is 0 Å². The zero-order valence-corrected chi connectivity index (χ0v) is 10.3. The molecule has 1 amide bonds. The summed E-state index contributed by atoms with van der Waals surface area (Å²) < 4.78 is 0. The molecule has 1 rings (SSSR count). The second-order valence-electron chi connectivity index (χ2n) is 4.07. The van der Waals surface area contributed by atoms with Crippen molar-refractivity contribution in [3.63, 3.8) is 0 Å². The quantitative estimate of drug-likeness (QED) is 0.733. The van der Waals surface area contributed by atoms with Crippen molar-refractivity contribution in [3.05, 3.63) is 17.8 Å². The molecule has 94 valence electrons. The minimum atomic E-state index is -0.567. The summed E-state index contributed by atoms with van der Waals surface area (Å²) in [6, 6.07) is 3.64. The van der Waals surface area contributed by atoms with Crippen molar-refractivity contribution in [3.8, 4) is 0 Å². The molecule has 0 bridgehead atoms. The van der Waals surface area contributed by atoms with Crippen LogP contribution in [0.5, 0.6) is 0 Å². The second kappa shape index (κ2) is 6.15. The molecule has 0 spiro atoms. The fourth-order valence-corrected chi connectivity index (χ4v) is 1.51. The standard InChI is InChI=1S/C11H19N5O/c1-8(2)16(7-3-6-12)10-5-4-9(11(13)17)14-15-10/h4-5,8H,3,6-7,12H2,1-2H3,(H2,13,17). The lowest BCUT2D eigenvalue weighted by Gasteiger charge is -2.27. The minimum Gasteiger partial charge on any atom is -0.364 e. The average Bonchev–Trinajstić information content (AvgIpc) is 2.29. The first-order chi connectivity index (χ1) is 8.06. The van der Waals surface area contributed by atoms with E-state index >= 15 is 0 Å². The molecule has 0 aliphatic heterocycles. The fraction of sp³-hybridized carbons (Fsp3) is 0.545. The summed E-state index contributed by atoms with van der Waals surface area (Å²) in [6.45, 7) is 5.59. The lowest BCUT2D eigenvalue weighted by atomic mass is 10.2. The Morgan fingerprint density at radius 2 is 2.12 bits per heavy atom. The lowest BCUT2D eigenvalue weighted by Crippen LogP contribution is -2.33. The Labute approximate surface area is 101 Å². The molecule has 6 heteroatoms. The van der Waals surface area contributed by atoms with E-state index in [-0.39, 0.29) is 5.69 Å². The van der Waals surface area contributed by atoms with Gasteiger partial charge in [-0.2, -0.15) is 0 Å². The third-order valence-corrected chi connectivity index (χ3v) is 2.42. The number of carbonyl (C=O) groups is 1. The Morgan fingerprint density at radius 1 is 1.41 bits per heavy atom. The predicted octanol–water partition coefficient (Wildman–Crippen LogP) is 0.139. The number of hydrogen-bond acceptors (Lipinski definition) is 5. The first kappa shape index (κ1) is 13.4. The van der Waals surface area contributed by atoms with Crippen LogP contribution in [0.3, 0.4) is 0 Å². The van der Waals surface area contributed by atoms with Gasteiger partial charge in [-0.05, 0) is 38.9 Å². The molecule has 0 fully saturated rings. The lowest BCUT2D eigenvalue weighted by molar-refractivity contribution is 0.0994. The Morgan fingerprint density at radius 3 is 2.53 bits per heavy atom. The van der Waals surface area contributed by atoms with Crippen molar-refractivity contribution >= 4 is 11.7 Å². The van der Waals surface area contributed by atoms with Crippen LogP contribution in [0, 0.1) is 0 Å². The molecule has 0 saturated heterocycles. The van der Waals surface area contributed by atoms with Crippen LogP contribution in [0.2, 0.25) is 0 Å². The molecule has 1 aromatic heterocycles. The SMILES string of the molecule is CC(C)N(CCCN)c1ccc(C(N)=O)nn1. The maximum Gasteiger partial charge on any atom is 0.269 e. The molecule has 0 aliphatic carbocycles. The molecular weight excluding hydrogens is 218 g/mol. The highest BCUT2D eigenvalue weighted by molar-refractivity contribution is 5.90. The smallest absolute Gasteiger partial charge is 0.269 e. The highest BCUT2D eigenvalue weighted by Crippen LogP contribution is 2.13. The number of primary amides is 1. The van der Waals surface area contributed by atoms with Crippen LogP contribution in [-0.4, -0.2) is 35.2 Å². The molecule has 0 aliphatic rings. The minimum absolute atomic E-state index is 0.177. The second-order valence-corrected chi connectivity index (χ2v) is 4.07. The number of amides is 1. The summed E-state index contributed by atoms with van der Waals surface area (Å²) in [5, 5.41) is 7.80. The van der Waals surface area contributed by atoms with Crippen molar-refractivity contribution < 1.29 is 4.79 Å². The zero-order chi connectivity index (χ0) is 12.8. The van der Waals surface area contributed by atoms with E-state index in [1.54, 1.807) is 12.1 Å². The van der Waals surface area contributed by atoms with Crippen LogP contribution >= 0.6 is 0 Å². The number of rotatable bonds is 6. The summed E-state index contributed by atoms with van der Waals surface area (Å²) in [5.74, 6) is 0.167. The van der Waals surface area contributed by atoms with Crippen LogP contribution < -0.4 is 16.4 Å². The van der Waals surface area contributed by atoms with Crippen molar-refractivity contribution in [2.24, 2.45) is 11.5 Å². The molecule has 0 aromatic carbocycles. The van der Waals surface area contributed by atoms with E-state index in [0.717, 1.165) is 18.8 Å². The van der Waals surface area contributed by atoms with Gasteiger partial charge in [-0.15, -0.1) is 10.2 Å². The average molecular weight is 237 g/mol. The van der Waals surface area contributed by atoms with Gasteiger partial charge in [0.25, 0.3) is 5.91 Å². The molecule has 17 heavy (non-hydrogen) atoms. The molecule has 6 nitrogen and oxygen atoms in total. The largest absolute Gasteiger partial charge is 0.364 e. The van der Waals surface area contributed by atoms with Crippen LogP contribution in [0.1, 0.15) is 30.8 Å². The van der Waals surface area contributed by atoms with Crippen LogP contribution in [0.15, 0.2) is 12.1 Å². The molecule has 4 N–H and O–H groups in total. The third kappa shape index (κ3) is 3.67. The van der Waals surface area contributed by atoms with E-state index < -0.39 is 5.91 Å². The van der Waals surface area contributed by atoms with E-state index in [4.69, 9.17) is 11.5 Å². The number of carbonyl (C=O) groups excluding carboxylic acids is 1. The van der Waals surface area contributed by atoms with Crippen molar-refractivity contribution in [1.29, 1.82) is 0 Å². The maximum atomic E-state index is 10.9. The molecule has 1 heterocycles. The normalized spacial score (nSPS) is 10.6. The fourth-order valence-electron chi connectivity index (χ4n) is 1.51. The number of nitrogens with zero attached hydrogens (tertiary/aromatic N) is 3. The van der Waals surface area contributed by atoms with Gasteiger partial charge in [-0.3, -0.25) is 4.79 Å². The molecule has 1 aromatic rings. The summed E-state index contributed by atoms with van der Waals surface area (Å²) in [6.07, 6.45) is 0.886. The Kier molecular flexibility index (Phi) is 4.84. The van der Waals surface area contributed by atoms with Gasteiger partial charge in [0, 0.05) is 12.6 Å². The van der Waals surface area contributed by atoms with Gasteiger partial charge in [0.15, 0.2) is 11.5 Å². The Bertz CT molecular complexity index is 363. The van der Waals surface area contributed by atoms with Crippen molar-refractivity contribution in [2.45, 2.75) is 26.3 Å². The van der Waals surface area contributed by atoms with Crippen molar-refractivity contribution in [1.82, 2.24) is 10.2 Å². The van der Waals surface area contributed by atoms with E-state index in [0.29, 0.717) is 12.6 Å². The number of nitrogens with two attached hydrogens (primary N) is 2. The summed E-state index contributed by atoms with van der Waals surface area (Å²) in [7, 11) is 0. The van der Waals surface area contributed by atoms with Gasteiger partial charge in [-0.1, -0.05) is 0 Å². The van der Waals surface area contributed by atoms with E-state index in [9.17, 15) is 4.79 Å². The first-order valence-corrected chi connectivity index (χ1v) is 5.66. The van der Waals surface area contributed by atoms with Crippen molar-refractivity contribution in [2.75, 3.05) is 18.0 Å². The van der Waals surface area contributed by atoms with Gasteiger partial charge in [0.05, 0.1) is 0 Å². The Balaban J connectivity index is 2.83. The molecule has 0 unspecified atom stereocenters. The first-order valence-electron chi connectivity index (χ1n) is 5.66.